The highest BCUT2D eigenvalue weighted by atomic mass is 19.4. The van der Waals surface area contributed by atoms with Crippen LogP contribution in [0.15, 0.2) is 47.3 Å². The summed E-state index contributed by atoms with van der Waals surface area (Å²) in [7, 11) is 0. The molecule has 0 aliphatic heterocycles. The second kappa shape index (κ2) is 7.46. The molecule has 0 saturated heterocycles. The van der Waals surface area contributed by atoms with E-state index in [0.29, 0.717) is 33.7 Å². The summed E-state index contributed by atoms with van der Waals surface area (Å²) in [5.74, 6) is -0.313. The molecule has 0 unspecified atom stereocenters. The number of nitrogens with one attached hydrogen (secondary N) is 3. The van der Waals surface area contributed by atoms with Gasteiger partial charge < -0.3 is 15.3 Å². The summed E-state index contributed by atoms with van der Waals surface area (Å²) in [6, 6.07) is 9.85. The summed E-state index contributed by atoms with van der Waals surface area (Å²) < 4.78 is 40.5. The molecule has 4 aromatic rings. The molecule has 3 N–H and O–H groups in total. The van der Waals surface area contributed by atoms with Gasteiger partial charge in [0, 0.05) is 16.9 Å². The molecular weight excluding hydrogens is 411 g/mol. The molecule has 0 aliphatic carbocycles. The lowest BCUT2D eigenvalue weighted by Gasteiger charge is -2.10. The molecule has 0 bridgehead atoms. The van der Waals surface area contributed by atoms with Gasteiger partial charge in [-0.05, 0) is 50.2 Å². The number of aromatic amines is 2. The molecule has 0 fully saturated rings. The second-order valence-corrected chi connectivity index (χ2v) is 7.17. The Balaban J connectivity index is 1.57. The van der Waals surface area contributed by atoms with Crippen molar-refractivity contribution in [3.8, 4) is 5.69 Å². The van der Waals surface area contributed by atoms with Gasteiger partial charge in [-0.2, -0.15) is 18.3 Å². The van der Waals surface area contributed by atoms with E-state index in [2.05, 4.69) is 20.4 Å². The Labute approximate surface area is 173 Å². The smallest absolute Gasteiger partial charge is 0.326 e. The Morgan fingerprint density at radius 3 is 2.58 bits per heavy atom. The van der Waals surface area contributed by atoms with E-state index in [4.69, 9.17) is 0 Å². The molecule has 7 nitrogen and oxygen atoms in total. The number of alkyl halides is 3. The summed E-state index contributed by atoms with van der Waals surface area (Å²) in [6.45, 7) is 3.41. The van der Waals surface area contributed by atoms with Gasteiger partial charge in [-0.25, -0.2) is 9.48 Å². The molecule has 2 heterocycles. The third-order valence-electron chi connectivity index (χ3n) is 5.00. The van der Waals surface area contributed by atoms with Crippen LogP contribution in [-0.4, -0.2) is 25.7 Å². The van der Waals surface area contributed by atoms with Gasteiger partial charge >= 0.3 is 11.9 Å². The van der Waals surface area contributed by atoms with Gasteiger partial charge in [-0.15, -0.1) is 0 Å². The van der Waals surface area contributed by atoms with Gasteiger partial charge in [-0.1, -0.05) is 6.07 Å². The van der Waals surface area contributed by atoms with Crippen LogP contribution in [0.3, 0.4) is 0 Å². The zero-order valence-electron chi connectivity index (χ0n) is 16.6. The summed E-state index contributed by atoms with van der Waals surface area (Å²) in [5, 5.41) is 7.10. The zero-order chi connectivity index (χ0) is 22.3. The number of imidazole rings is 1. The Morgan fingerprint density at radius 2 is 1.84 bits per heavy atom. The minimum atomic E-state index is -4.46. The Morgan fingerprint density at radius 1 is 1.10 bits per heavy atom. The fraction of sp³-hybridized carbons (Fsp3) is 0.190. The van der Waals surface area contributed by atoms with Gasteiger partial charge in [0.05, 0.1) is 34.4 Å². The van der Waals surface area contributed by atoms with Crippen molar-refractivity contribution in [3.63, 3.8) is 0 Å². The van der Waals surface area contributed by atoms with Crippen LogP contribution in [0.4, 0.5) is 18.9 Å². The maximum Gasteiger partial charge on any atom is 0.416 e. The summed E-state index contributed by atoms with van der Waals surface area (Å²) in [4.78, 5) is 29.2. The highest BCUT2D eigenvalue weighted by Gasteiger charge is 2.30. The van der Waals surface area contributed by atoms with Crippen LogP contribution >= 0.6 is 0 Å². The van der Waals surface area contributed by atoms with Crippen molar-refractivity contribution in [3.05, 3.63) is 75.5 Å². The highest BCUT2D eigenvalue weighted by molar-refractivity contribution is 5.94. The minimum Gasteiger partial charge on any atom is -0.326 e. The fourth-order valence-electron chi connectivity index (χ4n) is 3.47. The molecule has 0 spiro atoms. The molecule has 2 aromatic carbocycles. The lowest BCUT2D eigenvalue weighted by Crippen LogP contribution is -2.15. The molecule has 0 radical (unpaired) electrons. The predicted molar refractivity (Wildman–Crippen MR) is 109 cm³/mol. The quantitative estimate of drug-likeness (QED) is 0.460. The van der Waals surface area contributed by atoms with E-state index in [-0.39, 0.29) is 23.7 Å². The number of aromatic nitrogens is 4. The lowest BCUT2D eigenvalue weighted by molar-refractivity contribution is -0.137. The van der Waals surface area contributed by atoms with Crippen LogP contribution in [0.5, 0.6) is 0 Å². The van der Waals surface area contributed by atoms with Crippen LogP contribution in [0.25, 0.3) is 16.7 Å². The highest BCUT2D eigenvalue weighted by Crippen LogP contribution is 2.31. The molecule has 4 rings (SSSR count). The number of benzene rings is 2. The maximum absolute atomic E-state index is 13.0. The molecule has 160 valence electrons. The number of carbonyl (C=O) groups excluding carboxylic acids is 1. The minimum absolute atomic E-state index is 0.00166. The van der Waals surface area contributed by atoms with Crippen LogP contribution in [0.1, 0.15) is 22.5 Å². The van der Waals surface area contributed by atoms with Gasteiger partial charge in [0.25, 0.3) is 0 Å². The number of amides is 1. The molecular formula is C21H18F3N5O2. The number of aryl methyl sites for hydroxylation is 1. The molecule has 10 heteroatoms. The topological polar surface area (TPSA) is 95.6 Å². The van der Waals surface area contributed by atoms with Gasteiger partial charge in [0.2, 0.25) is 5.91 Å². The number of rotatable bonds is 4. The van der Waals surface area contributed by atoms with Crippen molar-refractivity contribution >= 4 is 22.6 Å². The number of fused-ring (bicyclic) bond motifs is 1. The molecule has 0 atom stereocenters. The normalized spacial score (nSPS) is 11.8. The van der Waals surface area contributed by atoms with Crippen molar-refractivity contribution in [2.45, 2.75) is 26.4 Å². The number of hydrogen-bond donors (Lipinski definition) is 3. The van der Waals surface area contributed by atoms with E-state index in [1.54, 1.807) is 32.0 Å². The average Bonchev–Trinajstić information content (AvgIpc) is 3.20. The monoisotopic (exact) mass is 429 g/mol. The number of halogens is 3. The van der Waals surface area contributed by atoms with Crippen LogP contribution < -0.4 is 11.0 Å². The van der Waals surface area contributed by atoms with Crippen molar-refractivity contribution < 1.29 is 18.0 Å². The number of nitrogens with zero attached hydrogens (tertiary/aromatic N) is 2. The Hall–Kier alpha value is -3.82. The number of anilines is 1. The Bertz CT molecular complexity index is 1350. The first kappa shape index (κ1) is 20.5. The molecule has 31 heavy (non-hydrogen) atoms. The maximum atomic E-state index is 13.0. The van der Waals surface area contributed by atoms with Gasteiger partial charge in [0.15, 0.2) is 0 Å². The first-order chi connectivity index (χ1) is 14.6. The van der Waals surface area contributed by atoms with Crippen molar-refractivity contribution in [2.75, 3.05) is 5.32 Å². The molecule has 2 aromatic heterocycles. The zero-order valence-corrected chi connectivity index (χ0v) is 16.6. The van der Waals surface area contributed by atoms with E-state index in [9.17, 15) is 22.8 Å². The first-order valence-corrected chi connectivity index (χ1v) is 9.36. The van der Waals surface area contributed by atoms with Gasteiger partial charge in [0.1, 0.15) is 0 Å². The largest absolute Gasteiger partial charge is 0.416 e. The fourth-order valence-corrected chi connectivity index (χ4v) is 3.47. The predicted octanol–water partition coefficient (Wildman–Crippen LogP) is 3.86. The standard InChI is InChI=1S/C21H18F3N5O2/c1-11-16(10-19(30)25-14-6-7-17-18(9-14)27-20(31)26-17)12(2)29(28-11)15-5-3-4-13(8-15)21(22,23)24/h3-9H,10H2,1-2H3,(H,25,30)(H2,26,27,31). The van der Waals surface area contributed by atoms with Crippen molar-refractivity contribution in [2.24, 2.45) is 0 Å². The van der Waals surface area contributed by atoms with Crippen LogP contribution in [-0.2, 0) is 17.4 Å². The van der Waals surface area contributed by atoms with E-state index in [0.717, 1.165) is 12.1 Å². The third kappa shape index (κ3) is 4.09. The van der Waals surface area contributed by atoms with Gasteiger partial charge in [-0.3, -0.25) is 4.79 Å². The summed E-state index contributed by atoms with van der Waals surface area (Å²) in [5.41, 5.74) is 2.61. The number of hydrogen-bond acceptors (Lipinski definition) is 3. The molecule has 0 aliphatic rings. The molecule has 1 amide bonds. The lowest BCUT2D eigenvalue weighted by atomic mass is 10.1. The van der Waals surface area contributed by atoms with Crippen molar-refractivity contribution in [1.29, 1.82) is 0 Å². The van der Waals surface area contributed by atoms with Crippen LogP contribution in [0.2, 0.25) is 0 Å². The summed E-state index contributed by atoms with van der Waals surface area (Å²) in [6.07, 6.45) is -4.46. The number of H-pyrrole nitrogens is 2. The SMILES string of the molecule is Cc1nn(-c2cccc(C(F)(F)F)c2)c(C)c1CC(=O)Nc1ccc2[nH]c(=O)[nH]c2c1. The third-order valence-corrected chi connectivity index (χ3v) is 5.00. The number of carbonyl (C=O) groups is 1. The van der Waals surface area contributed by atoms with E-state index in [1.807, 2.05) is 0 Å². The van der Waals surface area contributed by atoms with Crippen LogP contribution in [0, 0.1) is 13.8 Å². The average molecular weight is 429 g/mol. The van der Waals surface area contributed by atoms with E-state index >= 15 is 0 Å². The van der Waals surface area contributed by atoms with E-state index in [1.165, 1.54) is 16.8 Å². The summed E-state index contributed by atoms with van der Waals surface area (Å²) >= 11 is 0. The van der Waals surface area contributed by atoms with Crippen molar-refractivity contribution in [1.82, 2.24) is 19.7 Å². The first-order valence-electron chi connectivity index (χ1n) is 9.36. The Kier molecular flexibility index (Phi) is 4.92. The van der Waals surface area contributed by atoms with E-state index < -0.39 is 11.7 Å². The second-order valence-electron chi connectivity index (χ2n) is 7.17. The molecule has 0 saturated carbocycles.